The zero-order valence-electron chi connectivity index (χ0n) is 14.2. The summed E-state index contributed by atoms with van der Waals surface area (Å²) in [7, 11) is 0. The van der Waals surface area contributed by atoms with Crippen molar-refractivity contribution in [1.82, 2.24) is 25.4 Å². The fraction of sp³-hybridized carbons (Fsp3) is 0.533. The Labute approximate surface area is 158 Å². The van der Waals surface area contributed by atoms with Gasteiger partial charge in [-0.15, -0.1) is 34.2 Å². The summed E-state index contributed by atoms with van der Waals surface area (Å²) in [6.07, 6.45) is 3.23. The lowest BCUT2D eigenvalue weighted by Crippen LogP contribution is -2.44. The van der Waals surface area contributed by atoms with Gasteiger partial charge in [0.2, 0.25) is 0 Å². The number of nitrogens with zero attached hydrogens (tertiary/aromatic N) is 4. The molecule has 0 amide bonds. The van der Waals surface area contributed by atoms with Crippen LogP contribution in [-0.2, 0) is 18.7 Å². The maximum Gasteiger partial charge on any atom is 0.191 e. The minimum absolute atomic E-state index is 0. The first kappa shape index (κ1) is 20.4. The van der Waals surface area contributed by atoms with Gasteiger partial charge < -0.3 is 24.7 Å². The molecule has 0 spiro atoms. The average Bonchev–Trinajstić information content (AvgIpc) is 3.20. The molecule has 24 heavy (non-hydrogen) atoms. The van der Waals surface area contributed by atoms with Gasteiger partial charge in [0.05, 0.1) is 12.8 Å². The number of aliphatic hydroxyl groups is 1. The molecule has 2 rings (SSSR count). The zero-order valence-corrected chi connectivity index (χ0v) is 16.5. The van der Waals surface area contributed by atoms with Crippen molar-refractivity contribution in [2.75, 3.05) is 13.1 Å². The van der Waals surface area contributed by atoms with Crippen molar-refractivity contribution >= 4 is 29.9 Å². The summed E-state index contributed by atoms with van der Waals surface area (Å²) >= 11 is 0. The second-order valence-electron chi connectivity index (χ2n) is 5.33. The third kappa shape index (κ3) is 5.48. The van der Waals surface area contributed by atoms with Crippen molar-refractivity contribution in [2.24, 2.45) is 4.99 Å². The monoisotopic (exact) mass is 448 g/mol. The van der Waals surface area contributed by atoms with Gasteiger partial charge in [0, 0.05) is 13.1 Å². The number of hydrogen-bond donors (Lipinski definition) is 3. The molecule has 0 fully saturated rings. The van der Waals surface area contributed by atoms with E-state index >= 15 is 0 Å². The van der Waals surface area contributed by atoms with Gasteiger partial charge in [-0.05, 0) is 32.9 Å². The number of rotatable bonds is 7. The summed E-state index contributed by atoms with van der Waals surface area (Å²) in [6.45, 7) is 7.90. The first-order valence-electron chi connectivity index (χ1n) is 7.72. The average molecular weight is 448 g/mol. The number of guanidine groups is 1. The maximum atomic E-state index is 10.5. The Kier molecular flexibility index (Phi) is 8.19. The van der Waals surface area contributed by atoms with E-state index in [-0.39, 0.29) is 30.5 Å². The fourth-order valence-electron chi connectivity index (χ4n) is 2.08. The van der Waals surface area contributed by atoms with Crippen molar-refractivity contribution in [3.8, 4) is 0 Å². The number of nitrogens with one attached hydrogen (secondary N) is 2. The number of aryl methyl sites for hydroxylation is 1. The second kappa shape index (κ2) is 9.62. The van der Waals surface area contributed by atoms with Crippen LogP contribution in [0.5, 0.6) is 0 Å². The van der Waals surface area contributed by atoms with Crippen LogP contribution >= 0.6 is 24.0 Å². The smallest absolute Gasteiger partial charge is 0.191 e. The molecular formula is C15H25IN6O2. The van der Waals surface area contributed by atoms with Crippen LogP contribution in [0, 0.1) is 0 Å². The molecular weight excluding hydrogens is 423 g/mol. The molecule has 2 aromatic rings. The minimum Gasteiger partial charge on any atom is -0.466 e. The van der Waals surface area contributed by atoms with Gasteiger partial charge in [-0.3, -0.25) is 0 Å². The minimum atomic E-state index is -1.12. The van der Waals surface area contributed by atoms with E-state index in [1.807, 2.05) is 18.4 Å². The van der Waals surface area contributed by atoms with Crippen molar-refractivity contribution in [2.45, 2.75) is 39.5 Å². The van der Waals surface area contributed by atoms with Crippen LogP contribution < -0.4 is 10.6 Å². The van der Waals surface area contributed by atoms with Gasteiger partial charge in [-0.25, -0.2) is 4.99 Å². The topological polar surface area (TPSA) is 100 Å². The molecule has 2 heterocycles. The largest absolute Gasteiger partial charge is 0.466 e. The van der Waals surface area contributed by atoms with E-state index in [4.69, 9.17) is 4.42 Å². The lowest BCUT2D eigenvalue weighted by molar-refractivity contribution is 0.0386. The molecule has 1 atom stereocenters. The highest BCUT2D eigenvalue weighted by Crippen LogP contribution is 2.19. The maximum absolute atomic E-state index is 10.5. The number of aliphatic imine (C=N–C) groups is 1. The fourth-order valence-corrected chi connectivity index (χ4v) is 2.08. The molecule has 134 valence electrons. The molecule has 0 aromatic carbocycles. The molecule has 0 aliphatic rings. The number of hydrogen-bond acceptors (Lipinski definition) is 5. The highest BCUT2D eigenvalue weighted by Gasteiger charge is 2.26. The second-order valence-corrected chi connectivity index (χ2v) is 5.33. The third-order valence-electron chi connectivity index (χ3n) is 3.41. The van der Waals surface area contributed by atoms with Gasteiger partial charge in [-0.2, -0.15) is 0 Å². The summed E-state index contributed by atoms with van der Waals surface area (Å²) in [6, 6.07) is 3.50. The van der Waals surface area contributed by atoms with E-state index in [2.05, 4.69) is 25.8 Å². The van der Waals surface area contributed by atoms with Crippen LogP contribution in [0.2, 0.25) is 0 Å². The Morgan fingerprint density at radius 1 is 1.42 bits per heavy atom. The summed E-state index contributed by atoms with van der Waals surface area (Å²) in [4.78, 5) is 4.48. The lowest BCUT2D eigenvalue weighted by Gasteiger charge is -2.22. The van der Waals surface area contributed by atoms with E-state index < -0.39 is 5.60 Å². The van der Waals surface area contributed by atoms with Crippen molar-refractivity contribution in [3.05, 3.63) is 36.3 Å². The van der Waals surface area contributed by atoms with E-state index in [1.54, 1.807) is 31.6 Å². The number of aromatic nitrogens is 3. The van der Waals surface area contributed by atoms with Gasteiger partial charge in [0.15, 0.2) is 11.8 Å². The van der Waals surface area contributed by atoms with Crippen LogP contribution in [-0.4, -0.2) is 38.9 Å². The third-order valence-corrected chi connectivity index (χ3v) is 3.41. The molecule has 0 saturated carbocycles. The van der Waals surface area contributed by atoms with E-state index in [0.29, 0.717) is 18.3 Å². The van der Waals surface area contributed by atoms with Crippen molar-refractivity contribution in [1.29, 1.82) is 0 Å². The molecule has 0 aliphatic heterocycles. The Morgan fingerprint density at radius 2 is 2.21 bits per heavy atom. The quantitative estimate of drug-likeness (QED) is 0.337. The summed E-state index contributed by atoms with van der Waals surface area (Å²) in [5.74, 6) is 1.90. The standard InChI is InChI=1S/C15H24N6O2.HI/c1-4-16-14(17-9-13-20-19-11-21(13)5-2)18-10-15(3,22)12-7-6-8-23-12;/h6-8,11,22H,4-5,9-10H2,1-3H3,(H2,16,17,18);1H. The normalized spacial score (nSPS) is 13.9. The molecule has 9 heteroatoms. The van der Waals surface area contributed by atoms with Gasteiger partial charge in [0.1, 0.15) is 24.2 Å². The highest BCUT2D eigenvalue weighted by atomic mass is 127. The molecule has 0 aliphatic carbocycles. The van der Waals surface area contributed by atoms with Crippen LogP contribution in [0.1, 0.15) is 32.4 Å². The summed E-state index contributed by atoms with van der Waals surface area (Å²) in [5.41, 5.74) is -1.12. The summed E-state index contributed by atoms with van der Waals surface area (Å²) in [5, 5.41) is 24.7. The van der Waals surface area contributed by atoms with Gasteiger partial charge in [0.25, 0.3) is 0 Å². The Bertz CT molecular complexity index is 624. The van der Waals surface area contributed by atoms with E-state index in [9.17, 15) is 5.11 Å². The molecule has 0 radical (unpaired) electrons. The molecule has 1 unspecified atom stereocenters. The Hall–Kier alpha value is -1.62. The van der Waals surface area contributed by atoms with E-state index in [0.717, 1.165) is 18.9 Å². The Balaban J connectivity index is 0.00000288. The zero-order chi connectivity index (χ0) is 16.7. The van der Waals surface area contributed by atoms with Crippen molar-refractivity contribution in [3.63, 3.8) is 0 Å². The highest BCUT2D eigenvalue weighted by molar-refractivity contribution is 14.0. The molecule has 2 aromatic heterocycles. The SMILES string of the molecule is CCNC(=NCc1nncn1CC)NCC(C)(O)c1ccco1.I. The molecule has 0 saturated heterocycles. The van der Waals surface area contributed by atoms with Gasteiger partial charge in [-0.1, -0.05) is 0 Å². The molecule has 0 bridgehead atoms. The predicted molar refractivity (Wildman–Crippen MR) is 102 cm³/mol. The first-order chi connectivity index (χ1) is 11.1. The predicted octanol–water partition coefficient (Wildman–Crippen LogP) is 1.47. The lowest BCUT2D eigenvalue weighted by atomic mass is 10.0. The molecule has 3 N–H and O–H groups in total. The first-order valence-corrected chi connectivity index (χ1v) is 7.72. The van der Waals surface area contributed by atoms with Crippen LogP contribution in [0.4, 0.5) is 0 Å². The van der Waals surface area contributed by atoms with Crippen molar-refractivity contribution < 1.29 is 9.52 Å². The van der Waals surface area contributed by atoms with Crippen LogP contribution in [0.3, 0.4) is 0 Å². The summed E-state index contributed by atoms with van der Waals surface area (Å²) < 4.78 is 7.20. The Morgan fingerprint density at radius 3 is 2.83 bits per heavy atom. The van der Waals surface area contributed by atoms with Crippen LogP contribution in [0.15, 0.2) is 34.1 Å². The van der Waals surface area contributed by atoms with Gasteiger partial charge >= 0.3 is 0 Å². The van der Waals surface area contributed by atoms with E-state index in [1.165, 1.54) is 0 Å². The number of halogens is 1. The molecule has 8 nitrogen and oxygen atoms in total. The van der Waals surface area contributed by atoms with Crippen LogP contribution in [0.25, 0.3) is 0 Å². The number of furan rings is 1.